The number of nitrogens with one attached hydrogen (secondary N) is 1. The number of fused-ring (bicyclic) bond motifs is 2. The summed E-state index contributed by atoms with van der Waals surface area (Å²) in [6.07, 6.45) is 8.11. The molecule has 2 fully saturated rings. The molecule has 1 saturated carbocycles. The smallest absolute Gasteiger partial charge is 0.270 e. The first-order chi connectivity index (χ1) is 15.6. The highest BCUT2D eigenvalue weighted by atomic mass is 32.1. The van der Waals surface area contributed by atoms with Crippen LogP contribution < -0.4 is 5.32 Å². The Kier molecular flexibility index (Phi) is 6.14. The first-order valence-electron chi connectivity index (χ1n) is 11.8. The number of hydrogen-bond donors (Lipinski definition) is 1. The van der Waals surface area contributed by atoms with Crippen molar-refractivity contribution in [3.63, 3.8) is 0 Å². The van der Waals surface area contributed by atoms with E-state index in [1.54, 1.807) is 12.3 Å². The summed E-state index contributed by atoms with van der Waals surface area (Å²) >= 11 is 1.97. The number of carbonyl (C=O) groups excluding carboxylic acids is 2. The van der Waals surface area contributed by atoms with Gasteiger partial charge < -0.3 is 10.1 Å². The van der Waals surface area contributed by atoms with E-state index in [0.717, 1.165) is 70.3 Å². The van der Waals surface area contributed by atoms with Gasteiger partial charge in [-0.25, -0.2) is 0 Å². The summed E-state index contributed by atoms with van der Waals surface area (Å²) in [5.74, 6) is -0.135. The van der Waals surface area contributed by atoms with E-state index < -0.39 is 0 Å². The van der Waals surface area contributed by atoms with Gasteiger partial charge in [-0.1, -0.05) is 13.0 Å². The highest BCUT2D eigenvalue weighted by Crippen LogP contribution is 2.44. The van der Waals surface area contributed by atoms with Gasteiger partial charge in [-0.15, -0.1) is 11.3 Å². The largest absolute Gasteiger partial charge is 0.370 e. The van der Waals surface area contributed by atoms with Crippen LogP contribution in [0.4, 0.5) is 0 Å². The molecule has 7 heteroatoms. The van der Waals surface area contributed by atoms with E-state index in [1.165, 1.54) is 15.3 Å². The fourth-order valence-electron chi connectivity index (χ4n) is 5.24. The topological polar surface area (TPSA) is 71.5 Å². The van der Waals surface area contributed by atoms with Gasteiger partial charge in [0.15, 0.2) is 5.78 Å². The Morgan fingerprint density at radius 2 is 2.16 bits per heavy atom. The van der Waals surface area contributed by atoms with Crippen molar-refractivity contribution in [1.82, 2.24) is 15.2 Å². The van der Waals surface area contributed by atoms with E-state index in [1.807, 2.05) is 17.4 Å². The third kappa shape index (κ3) is 4.26. The lowest BCUT2D eigenvalue weighted by atomic mass is 9.82. The fraction of sp³-hybridized carbons (Fsp3) is 0.560. The van der Waals surface area contributed by atoms with Gasteiger partial charge in [0, 0.05) is 48.4 Å². The number of thiophene rings is 1. The number of rotatable bonds is 5. The van der Waals surface area contributed by atoms with Gasteiger partial charge in [0.1, 0.15) is 5.69 Å². The van der Waals surface area contributed by atoms with Gasteiger partial charge in [-0.3, -0.25) is 19.5 Å². The van der Waals surface area contributed by atoms with Crippen LogP contribution in [0.5, 0.6) is 0 Å². The lowest BCUT2D eigenvalue weighted by molar-refractivity contribution is -0.118. The molecular weight excluding hydrogens is 422 g/mol. The molecule has 0 aromatic carbocycles. The maximum atomic E-state index is 12.4. The van der Waals surface area contributed by atoms with Crippen molar-refractivity contribution >= 4 is 23.0 Å². The quantitative estimate of drug-likeness (QED) is 0.749. The molecule has 0 bridgehead atoms. The molecule has 32 heavy (non-hydrogen) atoms. The first kappa shape index (κ1) is 21.7. The van der Waals surface area contributed by atoms with Crippen molar-refractivity contribution < 1.29 is 14.3 Å². The molecule has 0 unspecified atom stereocenters. The maximum absolute atomic E-state index is 12.4. The van der Waals surface area contributed by atoms with E-state index in [0.29, 0.717) is 12.1 Å². The van der Waals surface area contributed by atoms with Gasteiger partial charge >= 0.3 is 0 Å². The zero-order chi connectivity index (χ0) is 22.1. The molecule has 170 valence electrons. The third-order valence-electron chi connectivity index (χ3n) is 7.14. The molecule has 6 nitrogen and oxygen atoms in total. The van der Waals surface area contributed by atoms with Crippen molar-refractivity contribution in [3.8, 4) is 0 Å². The van der Waals surface area contributed by atoms with E-state index in [4.69, 9.17) is 4.74 Å². The van der Waals surface area contributed by atoms with Crippen molar-refractivity contribution in [3.05, 3.63) is 51.0 Å². The Morgan fingerprint density at radius 3 is 2.84 bits per heavy atom. The van der Waals surface area contributed by atoms with Gasteiger partial charge in [0.05, 0.1) is 18.2 Å². The van der Waals surface area contributed by atoms with Gasteiger partial charge in [0.25, 0.3) is 5.91 Å². The third-order valence-corrected chi connectivity index (χ3v) is 8.48. The molecular formula is C25H31N3O3S. The molecule has 1 saturated heterocycles. The molecule has 1 spiro atoms. The van der Waals surface area contributed by atoms with Crippen LogP contribution >= 0.6 is 11.3 Å². The predicted octanol–water partition coefficient (Wildman–Crippen LogP) is 3.62. The number of nitrogens with zero attached hydrogens (tertiary/aromatic N) is 2. The second-order valence-corrected chi connectivity index (χ2v) is 10.4. The van der Waals surface area contributed by atoms with E-state index in [2.05, 4.69) is 28.2 Å². The van der Waals surface area contributed by atoms with Crippen LogP contribution in [-0.2, 0) is 34.5 Å². The van der Waals surface area contributed by atoms with Crippen LogP contribution in [0.15, 0.2) is 24.4 Å². The Labute approximate surface area is 193 Å². The van der Waals surface area contributed by atoms with Gasteiger partial charge in [-0.2, -0.15) is 0 Å². The second-order valence-electron chi connectivity index (χ2n) is 9.21. The number of carbonyl (C=O) groups is 2. The van der Waals surface area contributed by atoms with E-state index >= 15 is 0 Å². The number of amides is 1. The lowest BCUT2D eigenvalue weighted by Gasteiger charge is -2.44. The van der Waals surface area contributed by atoms with Crippen molar-refractivity contribution in [2.24, 2.45) is 0 Å². The van der Waals surface area contributed by atoms with Crippen molar-refractivity contribution in [1.29, 1.82) is 0 Å². The van der Waals surface area contributed by atoms with Crippen LogP contribution in [0.3, 0.4) is 0 Å². The fourth-order valence-corrected chi connectivity index (χ4v) is 6.42. The maximum Gasteiger partial charge on any atom is 0.270 e. The van der Waals surface area contributed by atoms with Crippen molar-refractivity contribution in [2.75, 3.05) is 19.7 Å². The normalized spacial score (nSPS) is 22.8. The second kappa shape index (κ2) is 9.04. The molecule has 2 aromatic heterocycles. The average molecular weight is 454 g/mol. The highest BCUT2D eigenvalue weighted by molar-refractivity contribution is 7.12. The van der Waals surface area contributed by atoms with Crippen LogP contribution in [-0.4, -0.2) is 47.3 Å². The highest BCUT2D eigenvalue weighted by Gasteiger charge is 2.41. The Balaban J connectivity index is 1.18. The van der Waals surface area contributed by atoms with E-state index in [9.17, 15) is 9.59 Å². The number of ketones is 1. The lowest BCUT2D eigenvalue weighted by Crippen LogP contribution is -2.45. The molecule has 1 amide bonds. The number of hydrogen-bond acceptors (Lipinski definition) is 6. The monoisotopic (exact) mass is 453 g/mol. The number of likely N-dealkylation sites (tertiary alicyclic amines) is 1. The Morgan fingerprint density at radius 1 is 1.31 bits per heavy atom. The summed E-state index contributed by atoms with van der Waals surface area (Å²) in [6, 6.07) is 5.79. The molecule has 0 radical (unpaired) electrons. The molecule has 3 aliphatic rings. The molecule has 1 N–H and O–H groups in total. The standard InChI is InChI=1S/C25H31N3O3S/c1-2-18-14-19-23(32-18)8-13-31-25(19)9-11-28(12-10-25)16-17-6-7-21(26-15-17)24(30)27-20-4-3-5-22(20)29/h6-7,14-15,20H,2-5,8-13,16H2,1H3,(H,27,30)/t20-/m1/s1. The predicted molar refractivity (Wildman–Crippen MR) is 124 cm³/mol. The number of Topliss-reactive ketones (excluding diaryl/α,β-unsaturated/α-hetero) is 1. The number of aromatic nitrogens is 1. The zero-order valence-corrected chi connectivity index (χ0v) is 19.5. The zero-order valence-electron chi connectivity index (χ0n) is 18.7. The molecule has 2 aromatic rings. The molecule has 4 heterocycles. The summed E-state index contributed by atoms with van der Waals surface area (Å²) in [5, 5.41) is 2.82. The summed E-state index contributed by atoms with van der Waals surface area (Å²) in [6.45, 7) is 5.86. The molecule has 5 rings (SSSR count). The van der Waals surface area contributed by atoms with Crippen LogP contribution in [0.25, 0.3) is 0 Å². The first-order valence-corrected chi connectivity index (χ1v) is 12.6. The SMILES string of the molecule is CCc1cc2c(s1)CCOC21CCN(Cc2ccc(C(=O)N[C@@H]3CCCC3=O)nc2)CC1. The Bertz CT molecular complexity index is 992. The van der Waals surface area contributed by atoms with Gasteiger partial charge in [-0.05, 0) is 55.4 Å². The van der Waals surface area contributed by atoms with Crippen LogP contribution in [0, 0.1) is 0 Å². The minimum Gasteiger partial charge on any atom is -0.370 e. The summed E-state index contributed by atoms with van der Waals surface area (Å²) in [7, 11) is 0. The number of ether oxygens (including phenoxy) is 1. The van der Waals surface area contributed by atoms with Crippen LogP contribution in [0.1, 0.15) is 70.4 Å². The molecule has 1 atom stereocenters. The number of aryl methyl sites for hydroxylation is 1. The van der Waals surface area contributed by atoms with E-state index in [-0.39, 0.29) is 23.3 Å². The van der Waals surface area contributed by atoms with Crippen molar-refractivity contribution in [2.45, 2.75) is 70.1 Å². The molecule has 1 aliphatic carbocycles. The average Bonchev–Trinajstić information content (AvgIpc) is 3.43. The Hall–Kier alpha value is -2.09. The van der Waals surface area contributed by atoms with Crippen LogP contribution in [0.2, 0.25) is 0 Å². The number of piperidine rings is 1. The minimum atomic E-state index is -0.344. The molecule has 2 aliphatic heterocycles. The number of pyridine rings is 1. The van der Waals surface area contributed by atoms with Gasteiger partial charge in [0.2, 0.25) is 0 Å². The summed E-state index contributed by atoms with van der Waals surface area (Å²) in [5.41, 5.74) is 2.82. The minimum absolute atomic E-state index is 0.105. The summed E-state index contributed by atoms with van der Waals surface area (Å²) in [4.78, 5) is 34.0. The summed E-state index contributed by atoms with van der Waals surface area (Å²) < 4.78 is 6.39.